The first-order chi connectivity index (χ1) is 15.5. The number of ether oxygens (including phenoxy) is 1. The van der Waals surface area contributed by atoms with E-state index in [1.54, 1.807) is 19.9 Å². The van der Waals surface area contributed by atoms with Crippen LogP contribution in [0.1, 0.15) is 51.3 Å². The quantitative estimate of drug-likeness (QED) is 0.419. The minimum atomic E-state index is -3.62. The van der Waals surface area contributed by atoms with E-state index in [0.29, 0.717) is 18.7 Å². The molecule has 0 saturated carbocycles. The summed E-state index contributed by atoms with van der Waals surface area (Å²) in [5, 5.41) is 2.41. The zero-order valence-corrected chi connectivity index (χ0v) is 20.4. The summed E-state index contributed by atoms with van der Waals surface area (Å²) in [6, 6.07) is 9.14. The molecule has 178 valence electrons. The van der Waals surface area contributed by atoms with E-state index >= 15 is 0 Å². The molecule has 0 atom stereocenters. The molecular formula is C24H30N2O6S. The number of hydrogen-bond acceptors (Lipinski definition) is 6. The molecule has 2 aromatic rings. The van der Waals surface area contributed by atoms with Crippen molar-refractivity contribution < 1.29 is 27.5 Å². The highest BCUT2D eigenvalue weighted by atomic mass is 32.2. The zero-order valence-electron chi connectivity index (χ0n) is 19.6. The van der Waals surface area contributed by atoms with Gasteiger partial charge in [0.05, 0.1) is 4.90 Å². The van der Waals surface area contributed by atoms with Crippen LogP contribution in [0.25, 0.3) is 0 Å². The molecule has 0 unspecified atom stereocenters. The van der Waals surface area contributed by atoms with Gasteiger partial charge in [0.1, 0.15) is 6.54 Å². The second-order valence-electron chi connectivity index (χ2n) is 7.63. The smallest absolute Gasteiger partial charge is 0.325 e. The largest absolute Gasteiger partial charge is 0.456 e. The third-order valence-electron chi connectivity index (χ3n) is 5.36. The van der Waals surface area contributed by atoms with Gasteiger partial charge in [0.25, 0.3) is 5.91 Å². The number of nitrogens with zero attached hydrogens (tertiary/aromatic N) is 1. The average molecular weight is 475 g/mol. The van der Waals surface area contributed by atoms with Gasteiger partial charge in [0.15, 0.2) is 6.61 Å². The monoisotopic (exact) mass is 474 g/mol. The van der Waals surface area contributed by atoms with E-state index in [2.05, 4.69) is 5.32 Å². The predicted octanol–water partition coefficient (Wildman–Crippen LogP) is 2.80. The number of nitrogens with one attached hydrogen (secondary N) is 1. The summed E-state index contributed by atoms with van der Waals surface area (Å²) in [6.45, 7) is 9.02. The molecule has 1 N–H and O–H groups in total. The lowest BCUT2D eigenvalue weighted by molar-refractivity contribution is -0.141. The number of aryl methyl sites for hydroxylation is 3. The lowest BCUT2D eigenvalue weighted by Gasteiger charge is -2.18. The number of hydrogen-bond donors (Lipinski definition) is 1. The summed E-state index contributed by atoms with van der Waals surface area (Å²) in [7, 11) is -3.62. The van der Waals surface area contributed by atoms with Gasteiger partial charge in [0, 0.05) is 24.2 Å². The molecule has 0 aliphatic heterocycles. The molecule has 0 radical (unpaired) electrons. The van der Waals surface area contributed by atoms with Crippen molar-refractivity contribution in [2.24, 2.45) is 0 Å². The normalized spacial score (nSPS) is 11.3. The third-order valence-corrected chi connectivity index (χ3v) is 7.42. The molecule has 0 bridgehead atoms. The van der Waals surface area contributed by atoms with Crippen molar-refractivity contribution in [2.75, 3.05) is 26.2 Å². The molecule has 0 fully saturated rings. The molecule has 0 spiro atoms. The Morgan fingerprint density at radius 3 is 2.06 bits per heavy atom. The van der Waals surface area contributed by atoms with E-state index in [9.17, 15) is 22.8 Å². The number of amides is 1. The summed E-state index contributed by atoms with van der Waals surface area (Å²) in [6.07, 6.45) is 0. The van der Waals surface area contributed by atoms with Crippen LogP contribution in [0.4, 0.5) is 0 Å². The van der Waals surface area contributed by atoms with Crippen molar-refractivity contribution in [3.8, 4) is 0 Å². The Morgan fingerprint density at radius 2 is 1.48 bits per heavy atom. The summed E-state index contributed by atoms with van der Waals surface area (Å²) >= 11 is 0. The van der Waals surface area contributed by atoms with Gasteiger partial charge in [-0.25, -0.2) is 8.42 Å². The molecular weight excluding hydrogens is 444 g/mol. The van der Waals surface area contributed by atoms with E-state index in [1.165, 1.54) is 28.6 Å². The van der Waals surface area contributed by atoms with Gasteiger partial charge in [-0.1, -0.05) is 19.9 Å². The van der Waals surface area contributed by atoms with Gasteiger partial charge < -0.3 is 10.1 Å². The fraction of sp³-hybridized carbons (Fsp3) is 0.375. The van der Waals surface area contributed by atoms with E-state index in [4.69, 9.17) is 4.74 Å². The number of benzene rings is 2. The van der Waals surface area contributed by atoms with Gasteiger partial charge in [-0.15, -0.1) is 0 Å². The van der Waals surface area contributed by atoms with Crippen LogP contribution in [-0.2, 0) is 19.6 Å². The van der Waals surface area contributed by atoms with Crippen LogP contribution in [0.15, 0.2) is 41.3 Å². The Balaban J connectivity index is 1.91. The summed E-state index contributed by atoms with van der Waals surface area (Å²) in [5.41, 5.74) is 3.54. The van der Waals surface area contributed by atoms with Crippen LogP contribution in [0.5, 0.6) is 0 Å². The first kappa shape index (κ1) is 26.2. The lowest BCUT2D eigenvalue weighted by atomic mass is 9.98. The molecule has 1 amide bonds. The summed E-state index contributed by atoms with van der Waals surface area (Å²) in [4.78, 5) is 36.7. The molecule has 0 aliphatic carbocycles. The first-order valence-electron chi connectivity index (χ1n) is 10.7. The number of carbonyl (C=O) groups excluding carboxylic acids is 3. The number of ketones is 1. The van der Waals surface area contributed by atoms with E-state index < -0.39 is 35.1 Å². The molecule has 8 nitrogen and oxygen atoms in total. The Kier molecular flexibility index (Phi) is 8.90. The fourth-order valence-corrected chi connectivity index (χ4v) is 4.74. The maximum atomic E-state index is 12.5. The second-order valence-corrected chi connectivity index (χ2v) is 9.57. The Labute approximate surface area is 195 Å². The summed E-state index contributed by atoms with van der Waals surface area (Å²) in [5.74, 6) is -1.63. The van der Waals surface area contributed by atoms with Crippen molar-refractivity contribution in [1.29, 1.82) is 0 Å². The maximum absolute atomic E-state index is 12.5. The van der Waals surface area contributed by atoms with Crippen LogP contribution in [0.3, 0.4) is 0 Å². The minimum Gasteiger partial charge on any atom is -0.456 e. The number of carbonyl (C=O) groups is 3. The standard InChI is InChI=1S/C24H30N2O6S/c1-6-26(7-2)33(30,31)20-10-8-19(9-11-20)24(29)25-14-23(28)32-15-22(27)21-13-17(4)16(3)12-18(21)5/h8-13H,6-7,14-15H2,1-5H3,(H,25,29). The van der Waals surface area contributed by atoms with E-state index in [0.717, 1.165) is 16.7 Å². The molecule has 33 heavy (non-hydrogen) atoms. The summed E-state index contributed by atoms with van der Waals surface area (Å²) < 4.78 is 31.3. The second kappa shape index (κ2) is 11.2. The van der Waals surface area contributed by atoms with Crippen molar-refractivity contribution in [1.82, 2.24) is 9.62 Å². The number of Topliss-reactive ketones (excluding diaryl/α,β-unsaturated/α-hetero) is 1. The van der Waals surface area contributed by atoms with E-state index in [-0.39, 0.29) is 16.2 Å². The lowest BCUT2D eigenvalue weighted by Crippen LogP contribution is -2.32. The number of rotatable bonds is 10. The Bertz CT molecular complexity index is 1140. The van der Waals surface area contributed by atoms with Gasteiger partial charge in [-0.2, -0.15) is 4.31 Å². The highest BCUT2D eigenvalue weighted by Crippen LogP contribution is 2.17. The molecule has 0 aliphatic rings. The molecule has 0 aromatic heterocycles. The molecule has 9 heteroatoms. The molecule has 0 heterocycles. The molecule has 0 saturated heterocycles. The SMILES string of the molecule is CCN(CC)S(=O)(=O)c1ccc(C(=O)NCC(=O)OCC(=O)c2cc(C)c(C)cc2C)cc1. The van der Waals surface area contributed by atoms with Gasteiger partial charge in [-0.3, -0.25) is 14.4 Å². The zero-order chi connectivity index (χ0) is 24.8. The van der Waals surface area contributed by atoms with Crippen LogP contribution in [-0.4, -0.2) is 56.6 Å². The molecule has 2 rings (SSSR count). The first-order valence-corrected chi connectivity index (χ1v) is 12.1. The third kappa shape index (κ3) is 6.49. The highest BCUT2D eigenvalue weighted by molar-refractivity contribution is 7.89. The number of sulfonamides is 1. The van der Waals surface area contributed by atoms with Gasteiger partial charge in [0.2, 0.25) is 15.8 Å². The van der Waals surface area contributed by atoms with Crippen LogP contribution >= 0.6 is 0 Å². The highest BCUT2D eigenvalue weighted by Gasteiger charge is 2.22. The topological polar surface area (TPSA) is 110 Å². The van der Waals surface area contributed by atoms with Crippen molar-refractivity contribution in [3.63, 3.8) is 0 Å². The maximum Gasteiger partial charge on any atom is 0.325 e. The Morgan fingerprint density at radius 1 is 0.909 bits per heavy atom. The predicted molar refractivity (Wildman–Crippen MR) is 125 cm³/mol. The van der Waals surface area contributed by atoms with E-state index in [1.807, 2.05) is 26.8 Å². The fourth-order valence-electron chi connectivity index (χ4n) is 3.28. The van der Waals surface area contributed by atoms with Crippen LogP contribution in [0, 0.1) is 20.8 Å². The van der Waals surface area contributed by atoms with Crippen molar-refractivity contribution in [2.45, 2.75) is 39.5 Å². The van der Waals surface area contributed by atoms with Gasteiger partial charge in [-0.05, 0) is 67.8 Å². The average Bonchev–Trinajstić information content (AvgIpc) is 2.78. The minimum absolute atomic E-state index is 0.0855. The molecule has 2 aromatic carbocycles. The van der Waals surface area contributed by atoms with Crippen LogP contribution < -0.4 is 5.32 Å². The number of esters is 1. The van der Waals surface area contributed by atoms with Crippen LogP contribution in [0.2, 0.25) is 0 Å². The van der Waals surface area contributed by atoms with Gasteiger partial charge >= 0.3 is 5.97 Å². The van der Waals surface area contributed by atoms with Crippen molar-refractivity contribution in [3.05, 3.63) is 64.2 Å². The Hall–Kier alpha value is -3.04. The van der Waals surface area contributed by atoms with Crippen molar-refractivity contribution >= 4 is 27.7 Å².